The van der Waals surface area contributed by atoms with Crippen LogP contribution in [-0.4, -0.2) is 76.9 Å². The monoisotopic (exact) mass is 412 g/mol. The molecule has 0 radical (unpaired) electrons. The first-order valence-electron chi connectivity index (χ1n) is 1.11. The van der Waals surface area contributed by atoms with Crippen LogP contribution >= 0.6 is 0 Å². The molecule has 0 aliphatic heterocycles. The van der Waals surface area contributed by atoms with Crippen molar-refractivity contribution in [2.24, 2.45) is 0 Å². The molecule has 22 N–H and O–H groups in total. The van der Waals surface area contributed by atoms with Crippen LogP contribution in [0.15, 0.2) is 0 Å². The maximum atomic E-state index is 9.10. The Morgan fingerprint density at radius 1 is 0.471 bits per heavy atom. The summed E-state index contributed by atoms with van der Waals surface area (Å²) in [5.74, 6) is -3.65. The third-order valence-electron chi connectivity index (χ3n) is 0.183. The number of aliphatic carboxylic acids is 2. The van der Waals surface area contributed by atoms with E-state index in [9.17, 15) is 0 Å². The van der Waals surface area contributed by atoms with Gasteiger partial charge in [-0.05, 0) is 0 Å². The number of hydrogen-bond donors (Lipinski definition) is 2. The summed E-state index contributed by atoms with van der Waals surface area (Å²) < 4.78 is 0. The first-order valence-corrected chi connectivity index (χ1v) is 1.11. The molecule has 0 rings (SSSR count). The smallest absolute Gasteiger partial charge is 0.414 e. The fraction of sp³-hybridized carbons (Fsp3) is 0. The maximum Gasteiger partial charge on any atom is 0.414 e. The van der Waals surface area contributed by atoms with Gasteiger partial charge in [-0.25, -0.2) is 9.59 Å². The number of rotatable bonds is 0. The van der Waals surface area contributed by atoms with Crippen LogP contribution in [0.2, 0.25) is 0 Å². The Morgan fingerprint density at radius 2 is 0.529 bits per heavy atom. The molecule has 118 valence electrons. The van der Waals surface area contributed by atoms with Crippen LogP contribution < -0.4 is 0 Å². The summed E-state index contributed by atoms with van der Waals surface area (Å²) in [5, 5.41) is 14.8. The van der Waals surface area contributed by atoms with Crippen molar-refractivity contribution in [3.8, 4) is 0 Å². The molecule has 0 aromatic carbocycles. The summed E-state index contributed by atoms with van der Waals surface area (Å²) in [6.45, 7) is 0. The summed E-state index contributed by atoms with van der Waals surface area (Å²) in [7, 11) is 0. The van der Waals surface area contributed by atoms with Crippen molar-refractivity contribution in [1.29, 1.82) is 0 Å². The van der Waals surface area contributed by atoms with Crippen molar-refractivity contribution in [3.63, 3.8) is 0 Å². The number of hydrogen-bond acceptors (Lipinski definition) is 2. The summed E-state index contributed by atoms with van der Waals surface area (Å²) >= 11 is 0. The molecule has 15 heteroatoms. The molecule has 0 aromatic heterocycles. The maximum absolute atomic E-state index is 9.10. The van der Waals surface area contributed by atoms with Crippen LogP contribution in [0.5, 0.6) is 0 Å². The molecule has 0 spiro atoms. The molecular weight excluding hydrogens is 392 g/mol. The standard InChI is InChI=1S/C2H2O4.Nd.10H2O/c3-1(4)2(5)6;;;;;;;;;;;/h(H,3,4)(H,5,6);;10*1H2. The number of carboxylic acids is 2. The van der Waals surface area contributed by atoms with Gasteiger partial charge >= 0.3 is 11.9 Å². The molecule has 0 atom stereocenters. The predicted molar refractivity (Wildman–Crippen MR) is 51.4 cm³/mol. The Labute approximate surface area is 127 Å². The van der Waals surface area contributed by atoms with Crippen molar-refractivity contribution in [1.82, 2.24) is 0 Å². The van der Waals surface area contributed by atoms with Gasteiger partial charge in [-0.1, -0.05) is 0 Å². The topological polar surface area (TPSA) is 390 Å². The number of carbonyl (C=O) groups is 2. The third kappa shape index (κ3) is 203. The van der Waals surface area contributed by atoms with E-state index in [-0.39, 0.29) is 95.6 Å². The molecule has 0 aliphatic rings. The minimum Gasteiger partial charge on any atom is -0.473 e. The van der Waals surface area contributed by atoms with E-state index >= 15 is 0 Å². The van der Waals surface area contributed by atoms with Crippen molar-refractivity contribution in [3.05, 3.63) is 0 Å². The fourth-order valence-corrected chi connectivity index (χ4v) is 0. The molecule has 0 aromatic rings. The quantitative estimate of drug-likeness (QED) is 0.364. The molecule has 0 bridgehead atoms. The van der Waals surface area contributed by atoms with E-state index in [0.29, 0.717) is 0 Å². The Balaban J connectivity index is -0.00000000227. The van der Waals surface area contributed by atoms with Crippen molar-refractivity contribution < 1.29 is 115 Å². The van der Waals surface area contributed by atoms with Gasteiger partial charge < -0.3 is 65.0 Å². The Bertz CT molecular complexity index is 80.2. The second-order valence-electron chi connectivity index (χ2n) is 0.610. The second-order valence-corrected chi connectivity index (χ2v) is 0.610. The van der Waals surface area contributed by atoms with E-state index in [0.717, 1.165) is 0 Å². The van der Waals surface area contributed by atoms with E-state index in [4.69, 9.17) is 19.8 Å². The first kappa shape index (κ1) is 178. The van der Waals surface area contributed by atoms with Gasteiger partial charge in [0.05, 0.1) is 0 Å². The van der Waals surface area contributed by atoms with Crippen LogP contribution in [0.3, 0.4) is 0 Å². The summed E-state index contributed by atoms with van der Waals surface area (Å²) in [5.41, 5.74) is 0. The van der Waals surface area contributed by atoms with E-state index in [2.05, 4.69) is 0 Å². The SMILES string of the molecule is O.O.O.O.O.O.O.O.O.O.O=C(O)C(=O)O.[Nd]. The zero-order chi connectivity index (χ0) is 5.15. The van der Waals surface area contributed by atoms with E-state index in [1.54, 1.807) is 0 Å². The van der Waals surface area contributed by atoms with Gasteiger partial charge in [0.25, 0.3) is 0 Å². The molecule has 0 unspecified atom stereocenters. The minimum atomic E-state index is -1.82. The van der Waals surface area contributed by atoms with E-state index in [1.165, 1.54) is 0 Å². The average Bonchev–Trinajstić information content (AvgIpc) is 1.36. The summed E-state index contributed by atoms with van der Waals surface area (Å²) in [4.78, 5) is 18.2. The van der Waals surface area contributed by atoms with Crippen molar-refractivity contribution >= 4 is 11.9 Å². The molecule has 0 fully saturated rings. The molecule has 0 saturated carbocycles. The van der Waals surface area contributed by atoms with Crippen LogP contribution in [0.4, 0.5) is 0 Å². The van der Waals surface area contributed by atoms with Gasteiger partial charge in [-0.15, -0.1) is 0 Å². The van der Waals surface area contributed by atoms with Crippen LogP contribution in [0.1, 0.15) is 0 Å². The van der Waals surface area contributed by atoms with E-state index in [1.807, 2.05) is 0 Å². The normalized spacial score (nSPS) is 2.59. The molecular formula is C2H22NdO14. The predicted octanol–water partition coefficient (Wildman–Crippen LogP) is -9.09. The summed E-state index contributed by atoms with van der Waals surface area (Å²) in [6.07, 6.45) is 0. The number of carboxylic acid groups (broad SMARTS) is 2. The van der Waals surface area contributed by atoms with Crippen LogP contribution in [-0.2, 0) is 9.59 Å². The summed E-state index contributed by atoms with van der Waals surface area (Å²) in [6, 6.07) is 0. The molecule has 0 saturated heterocycles. The van der Waals surface area contributed by atoms with Crippen LogP contribution in [0.25, 0.3) is 0 Å². The second kappa shape index (κ2) is 102. The van der Waals surface area contributed by atoms with Gasteiger partial charge in [0, 0.05) is 40.8 Å². The van der Waals surface area contributed by atoms with Gasteiger partial charge in [-0.2, -0.15) is 0 Å². The molecule has 17 heavy (non-hydrogen) atoms. The molecule has 0 amide bonds. The Morgan fingerprint density at radius 3 is 0.529 bits per heavy atom. The fourth-order valence-electron chi connectivity index (χ4n) is 0. The zero-order valence-electron chi connectivity index (χ0n) is 8.21. The van der Waals surface area contributed by atoms with Gasteiger partial charge in [0.1, 0.15) is 0 Å². The molecule has 14 nitrogen and oxygen atoms in total. The first-order chi connectivity index (χ1) is 2.64. The van der Waals surface area contributed by atoms with Crippen molar-refractivity contribution in [2.75, 3.05) is 0 Å². The Hall–Kier alpha value is -0.109. The van der Waals surface area contributed by atoms with E-state index < -0.39 is 11.9 Å². The minimum absolute atomic E-state index is 0. The van der Waals surface area contributed by atoms with Gasteiger partial charge in [-0.3, -0.25) is 0 Å². The Kier molecular flexibility index (Phi) is 1070. The van der Waals surface area contributed by atoms with Gasteiger partial charge in [0.2, 0.25) is 0 Å². The van der Waals surface area contributed by atoms with Crippen molar-refractivity contribution in [2.45, 2.75) is 0 Å². The largest absolute Gasteiger partial charge is 0.473 e. The molecule has 0 aliphatic carbocycles. The van der Waals surface area contributed by atoms with Gasteiger partial charge in [0.15, 0.2) is 0 Å². The van der Waals surface area contributed by atoms with Crippen LogP contribution in [0, 0.1) is 40.8 Å². The third-order valence-corrected chi connectivity index (χ3v) is 0.183. The zero-order valence-corrected chi connectivity index (χ0v) is 11.4. The average molecular weight is 414 g/mol. The molecule has 0 heterocycles.